The molecule has 2 rings (SSSR count). The molecular formula is C14H17F3N2OS. The van der Waals surface area contributed by atoms with Crippen molar-refractivity contribution in [2.75, 3.05) is 12.8 Å². The highest BCUT2D eigenvalue weighted by Gasteiger charge is 2.44. The van der Waals surface area contributed by atoms with Gasteiger partial charge in [-0.05, 0) is 30.4 Å². The third-order valence-corrected chi connectivity index (χ3v) is 4.18. The second kappa shape index (κ2) is 6.27. The summed E-state index contributed by atoms with van der Waals surface area (Å²) in [5.41, 5.74) is 0.668. The van der Waals surface area contributed by atoms with Crippen molar-refractivity contribution in [2.24, 2.45) is 0 Å². The molecule has 1 aliphatic heterocycles. The summed E-state index contributed by atoms with van der Waals surface area (Å²) in [6.07, 6.45) is -2.74. The molecule has 1 N–H and O–H groups in total. The number of carbonyl (C=O) groups excluding carboxylic acids is 1. The number of alkyl halides is 3. The van der Waals surface area contributed by atoms with E-state index < -0.39 is 30.8 Å². The van der Waals surface area contributed by atoms with Crippen molar-refractivity contribution < 1.29 is 18.0 Å². The number of rotatable bonds is 4. The fourth-order valence-corrected chi connectivity index (χ4v) is 2.80. The quantitative estimate of drug-likeness (QED) is 0.866. The van der Waals surface area contributed by atoms with E-state index in [0.717, 1.165) is 9.80 Å². The van der Waals surface area contributed by atoms with Gasteiger partial charge in [-0.15, -0.1) is 11.8 Å². The van der Waals surface area contributed by atoms with Gasteiger partial charge in [-0.1, -0.05) is 19.1 Å². The summed E-state index contributed by atoms with van der Waals surface area (Å²) < 4.78 is 38.1. The van der Waals surface area contributed by atoms with Crippen LogP contribution in [0, 0.1) is 0 Å². The number of benzene rings is 1. The molecule has 1 aliphatic rings. The Labute approximate surface area is 125 Å². The van der Waals surface area contributed by atoms with Gasteiger partial charge in [0.15, 0.2) is 0 Å². The van der Waals surface area contributed by atoms with Crippen LogP contribution < -0.4 is 5.32 Å². The maximum Gasteiger partial charge on any atom is 0.406 e. The van der Waals surface area contributed by atoms with Crippen LogP contribution in [0.4, 0.5) is 13.2 Å². The van der Waals surface area contributed by atoms with E-state index in [4.69, 9.17) is 0 Å². The molecule has 1 aromatic rings. The van der Waals surface area contributed by atoms with Gasteiger partial charge in [0, 0.05) is 4.90 Å². The SMILES string of the molecule is CCC1NC(c2ccc(SC)cc2)N(CC(F)(F)F)C1=O. The van der Waals surface area contributed by atoms with Crippen molar-refractivity contribution in [2.45, 2.75) is 36.6 Å². The molecule has 1 fully saturated rings. The highest BCUT2D eigenvalue weighted by Crippen LogP contribution is 2.31. The van der Waals surface area contributed by atoms with Crippen molar-refractivity contribution in [1.29, 1.82) is 0 Å². The first-order valence-corrected chi connectivity index (χ1v) is 7.85. The number of hydrogen-bond donors (Lipinski definition) is 1. The standard InChI is InChI=1S/C14H17F3N2OS/c1-3-11-13(20)19(8-14(15,16)17)12(18-11)9-4-6-10(21-2)7-5-9/h4-7,11-12,18H,3,8H2,1-2H3. The van der Waals surface area contributed by atoms with Crippen LogP contribution in [-0.2, 0) is 4.79 Å². The minimum atomic E-state index is -4.41. The zero-order chi connectivity index (χ0) is 15.6. The average molecular weight is 318 g/mol. The predicted octanol–water partition coefficient (Wildman–Crippen LogP) is 3.18. The molecule has 0 bridgehead atoms. The lowest BCUT2D eigenvalue weighted by atomic mass is 10.1. The summed E-state index contributed by atoms with van der Waals surface area (Å²) in [6, 6.07) is 6.66. The number of thioether (sulfide) groups is 1. The van der Waals surface area contributed by atoms with Crippen LogP contribution in [0.2, 0.25) is 0 Å². The summed E-state index contributed by atoms with van der Waals surface area (Å²) in [6.45, 7) is 0.546. The van der Waals surface area contributed by atoms with Crippen LogP contribution in [0.25, 0.3) is 0 Å². The van der Waals surface area contributed by atoms with Gasteiger partial charge in [0.1, 0.15) is 12.7 Å². The smallest absolute Gasteiger partial charge is 0.312 e. The molecule has 0 radical (unpaired) electrons. The van der Waals surface area contributed by atoms with Crippen molar-refractivity contribution >= 4 is 17.7 Å². The zero-order valence-corrected chi connectivity index (χ0v) is 12.6. The van der Waals surface area contributed by atoms with Gasteiger partial charge in [-0.2, -0.15) is 13.2 Å². The lowest BCUT2D eigenvalue weighted by molar-refractivity contribution is -0.161. The first-order chi connectivity index (χ1) is 9.85. The first-order valence-electron chi connectivity index (χ1n) is 6.63. The van der Waals surface area contributed by atoms with Crippen LogP contribution in [0.3, 0.4) is 0 Å². The summed E-state index contributed by atoms with van der Waals surface area (Å²) >= 11 is 1.56. The summed E-state index contributed by atoms with van der Waals surface area (Å²) in [4.78, 5) is 14.0. The molecule has 116 valence electrons. The van der Waals surface area contributed by atoms with Gasteiger partial charge >= 0.3 is 6.18 Å². The van der Waals surface area contributed by atoms with E-state index in [1.807, 2.05) is 18.4 Å². The highest BCUT2D eigenvalue weighted by atomic mass is 32.2. The van der Waals surface area contributed by atoms with Crippen LogP contribution >= 0.6 is 11.8 Å². The van der Waals surface area contributed by atoms with Crippen LogP contribution in [-0.4, -0.2) is 35.8 Å². The van der Waals surface area contributed by atoms with E-state index in [0.29, 0.717) is 12.0 Å². The number of hydrogen-bond acceptors (Lipinski definition) is 3. The van der Waals surface area contributed by atoms with Gasteiger partial charge in [0.05, 0.1) is 6.04 Å². The molecular weight excluding hydrogens is 301 g/mol. The Morgan fingerprint density at radius 1 is 1.29 bits per heavy atom. The van der Waals surface area contributed by atoms with Gasteiger partial charge < -0.3 is 4.90 Å². The van der Waals surface area contributed by atoms with Crippen LogP contribution in [0.15, 0.2) is 29.2 Å². The molecule has 7 heteroatoms. The summed E-state index contributed by atoms with van der Waals surface area (Å²) in [5.74, 6) is -0.492. The minimum Gasteiger partial charge on any atom is -0.312 e. The third kappa shape index (κ3) is 3.71. The van der Waals surface area contributed by atoms with E-state index in [1.165, 1.54) is 0 Å². The lowest BCUT2D eigenvalue weighted by Gasteiger charge is -2.25. The van der Waals surface area contributed by atoms with E-state index in [-0.39, 0.29) is 0 Å². The molecule has 1 aromatic carbocycles. The molecule has 0 aromatic heterocycles. The fourth-order valence-electron chi connectivity index (χ4n) is 2.40. The normalized spacial score (nSPS) is 22.9. The van der Waals surface area contributed by atoms with Crippen molar-refractivity contribution in [1.82, 2.24) is 10.2 Å². The number of nitrogens with one attached hydrogen (secondary N) is 1. The first kappa shape index (κ1) is 16.2. The summed E-state index contributed by atoms with van der Waals surface area (Å²) in [7, 11) is 0. The van der Waals surface area contributed by atoms with Crippen LogP contribution in [0.5, 0.6) is 0 Å². The number of amides is 1. The number of carbonyl (C=O) groups is 1. The summed E-state index contributed by atoms with van der Waals surface area (Å²) in [5, 5.41) is 2.99. The van der Waals surface area contributed by atoms with Crippen molar-refractivity contribution in [3.8, 4) is 0 Å². The number of halogens is 3. The van der Waals surface area contributed by atoms with Crippen molar-refractivity contribution in [3.63, 3.8) is 0 Å². The third-order valence-electron chi connectivity index (χ3n) is 3.44. The maximum atomic E-state index is 12.7. The zero-order valence-electron chi connectivity index (χ0n) is 11.8. The highest BCUT2D eigenvalue weighted by molar-refractivity contribution is 7.98. The molecule has 3 nitrogen and oxygen atoms in total. The van der Waals surface area contributed by atoms with Gasteiger partial charge in [0.25, 0.3) is 0 Å². The predicted molar refractivity (Wildman–Crippen MR) is 75.9 cm³/mol. The van der Waals surface area contributed by atoms with E-state index in [2.05, 4.69) is 5.32 Å². The topological polar surface area (TPSA) is 32.3 Å². The Hall–Kier alpha value is -1.21. The molecule has 21 heavy (non-hydrogen) atoms. The largest absolute Gasteiger partial charge is 0.406 e. The van der Waals surface area contributed by atoms with Crippen LogP contribution in [0.1, 0.15) is 25.1 Å². The monoisotopic (exact) mass is 318 g/mol. The molecule has 1 heterocycles. The van der Waals surface area contributed by atoms with Gasteiger partial charge in [0.2, 0.25) is 5.91 Å². The van der Waals surface area contributed by atoms with Crippen molar-refractivity contribution in [3.05, 3.63) is 29.8 Å². The minimum absolute atomic E-state index is 0.465. The Morgan fingerprint density at radius 3 is 2.38 bits per heavy atom. The second-order valence-electron chi connectivity index (χ2n) is 4.88. The van der Waals surface area contributed by atoms with E-state index in [1.54, 1.807) is 30.8 Å². The molecule has 2 unspecified atom stereocenters. The van der Waals surface area contributed by atoms with E-state index in [9.17, 15) is 18.0 Å². The maximum absolute atomic E-state index is 12.7. The lowest BCUT2D eigenvalue weighted by Crippen LogP contribution is -2.38. The Balaban J connectivity index is 2.27. The fraction of sp³-hybridized carbons (Fsp3) is 0.500. The molecule has 0 saturated carbocycles. The molecule has 2 atom stereocenters. The molecule has 0 spiro atoms. The van der Waals surface area contributed by atoms with Gasteiger partial charge in [-0.25, -0.2) is 0 Å². The number of nitrogens with zero attached hydrogens (tertiary/aromatic N) is 1. The van der Waals surface area contributed by atoms with Gasteiger partial charge in [-0.3, -0.25) is 10.1 Å². The molecule has 1 amide bonds. The molecule has 1 saturated heterocycles. The molecule has 0 aliphatic carbocycles. The average Bonchev–Trinajstić information content (AvgIpc) is 2.74. The second-order valence-corrected chi connectivity index (χ2v) is 5.76. The Morgan fingerprint density at radius 2 is 1.90 bits per heavy atom. The van der Waals surface area contributed by atoms with E-state index >= 15 is 0 Å². The Kier molecular flexibility index (Phi) is 4.83. The Bertz CT molecular complexity index is 504.